The van der Waals surface area contributed by atoms with Crippen molar-refractivity contribution < 1.29 is 33.4 Å². The minimum Gasteiger partial charge on any atom is -0.480 e. The number of hydrogen-bond acceptors (Lipinski definition) is 9. The van der Waals surface area contributed by atoms with Crippen LogP contribution in [0.15, 0.2) is 12.1 Å². The van der Waals surface area contributed by atoms with Gasteiger partial charge in [-0.25, -0.2) is 0 Å². The van der Waals surface area contributed by atoms with Gasteiger partial charge in [-0.05, 0) is 84.5 Å². The number of aryl methyl sites for hydroxylation is 3. The van der Waals surface area contributed by atoms with E-state index in [1.54, 1.807) is 13.8 Å². The van der Waals surface area contributed by atoms with Crippen LogP contribution in [0.1, 0.15) is 82.9 Å². The van der Waals surface area contributed by atoms with Gasteiger partial charge in [0.2, 0.25) is 5.91 Å². The second-order valence-electron chi connectivity index (χ2n) is 9.07. The second-order valence-corrected chi connectivity index (χ2v) is 9.07. The standard InChI is InChI=1S/C13H19NO2.C10H20N2O3.C6H13NO2/c1-5-11(13(14)15)16-12-9(3)6-8(2)7-10(12)4;1-3-8(10(11)14)12-7-5-6-9(13)15-4-2;1-2-9-6(8)4-3-5-7/h6-7,11H,5H2,1-4H3,(H2,14,15);8,12H,3-7H2,1-2H3,(H2,11,14);2-5,7H2,1H3/t11-;8-;/m00./s1. The molecule has 11 heteroatoms. The Kier molecular flexibility index (Phi) is 23.1. The molecule has 2 atom stereocenters. The van der Waals surface area contributed by atoms with E-state index < -0.39 is 12.0 Å². The molecule has 230 valence electrons. The summed E-state index contributed by atoms with van der Waals surface area (Å²) in [5.41, 5.74) is 18.8. The van der Waals surface area contributed by atoms with Crippen molar-refractivity contribution >= 4 is 23.8 Å². The van der Waals surface area contributed by atoms with E-state index in [0.717, 1.165) is 23.3 Å². The molecule has 0 aliphatic heterocycles. The van der Waals surface area contributed by atoms with Crippen molar-refractivity contribution in [1.29, 1.82) is 0 Å². The number of carbonyl (C=O) groups is 4. The summed E-state index contributed by atoms with van der Waals surface area (Å²) < 4.78 is 15.1. The molecule has 0 radical (unpaired) electrons. The molecule has 0 bridgehead atoms. The van der Waals surface area contributed by atoms with E-state index in [0.29, 0.717) is 58.4 Å². The Morgan fingerprint density at radius 1 is 0.800 bits per heavy atom. The molecule has 0 aliphatic carbocycles. The molecule has 11 nitrogen and oxygen atoms in total. The first-order valence-electron chi connectivity index (χ1n) is 14.0. The molecule has 40 heavy (non-hydrogen) atoms. The van der Waals surface area contributed by atoms with E-state index in [4.69, 9.17) is 26.7 Å². The third-order valence-corrected chi connectivity index (χ3v) is 5.45. The second kappa shape index (κ2) is 23.7. The largest absolute Gasteiger partial charge is 0.480 e. The zero-order chi connectivity index (χ0) is 31.1. The molecule has 0 fully saturated rings. The van der Waals surface area contributed by atoms with Crippen molar-refractivity contribution in [3.63, 3.8) is 0 Å². The Bertz CT molecular complexity index is 870. The van der Waals surface area contributed by atoms with Gasteiger partial charge in [0.05, 0.1) is 19.3 Å². The average molecular weight is 569 g/mol. The molecule has 0 saturated carbocycles. The minimum atomic E-state index is -0.542. The smallest absolute Gasteiger partial charge is 0.305 e. The summed E-state index contributed by atoms with van der Waals surface area (Å²) in [6, 6.07) is 3.78. The molecule has 0 unspecified atom stereocenters. The third-order valence-electron chi connectivity index (χ3n) is 5.45. The van der Waals surface area contributed by atoms with Crippen LogP contribution < -0.4 is 27.3 Å². The number of rotatable bonds is 16. The van der Waals surface area contributed by atoms with E-state index in [2.05, 4.69) is 10.1 Å². The van der Waals surface area contributed by atoms with Crippen LogP contribution in [-0.2, 0) is 28.7 Å². The molecule has 1 aromatic carbocycles. The first-order valence-corrected chi connectivity index (χ1v) is 14.0. The highest BCUT2D eigenvalue weighted by molar-refractivity contribution is 5.80. The van der Waals surface area contributed by atoms with Gasteiger partial charge < -0.3 is 36.7 Å². The molecule has 0 saturated heterocycles. The van der Waals surface area contributed by atoms with E-state index in [9.17, 15) is 19.2 Å². The topological polar surface area (TPSA) is 186 Å². The lowest BCUT2D eigenvalue weighted by Crippen LogP contribution is -2.41. The lowest BCUT2D eigenvalue weighted by Gasteiger charge is -2.18. The monoisotopic (exact) mass is 568 g/mol. The van der Waals surface area contributed by atoms with Gasteiger partial charge in [0.1, 0.15) is 5.75 Å². The lowest BCUT2D eigenvalue weighted by atomic mass is 10.1. The van der Waals surface area contributed by atoms with Crippen LogP contribution in [0.25, 0.3) is 0 Å². The fourth-order valence-corrected chi connectivity index (χ4v) is 3.51. The zero-order valence-corrected chi connectivity index (χ0v) is 25.5. The Labute approximate surface area is 239 Å². The number of nitrogens with two attached hydrogens (primary N) is 3. The SMILES string of the molecule is CCOC(=O)CCCN.CCOC(=O)CCCN[C@@H](CC)C(N)=O.CC[C@H](Oc1c(C)cc(C)cc1C)C(N)=O. The molecular formula is C29H52N4O7. The maximum atomic E-state index is 11.1. The van der Waals surface area contributed by atoms with Gasteiger partial charge in [0, 0.05) is 12.8 Å². The summed E-state index contributed by atoms with van der Waals surface area (Å²) in [6.07, 6.45) is 2.90. The highest BCUT2D eigenvalue weighted by Gasteiger charge is 2.17. The van der Waals surface area contributed by atoms with Crippen molar-refractivity contribution in [1.82, 2.24) is 5.32 Å². The Morgan fingerprint density at radius 3 is 1.68 bits per heavy atom. The summed E-state index contributed by atoms with van der Waals surface area (Å²) in [7, 11) is 0. The van der Waals surface area contributed by atoms with Crippen molar-refractivity contribution in [2.45, 2.75) is 99.1 Å². The number of carbonyl (C=O) groups excluding carboxylic acids is 4. The molecule has 2 amide bonds. The zero-order valence-electron chi connectivity index (χ0n) is 25.5. The van der Waals surface area contributed by atoms with E-state index in [-0.39, 0.29) is 23.9 Å². The molecular weight excluding hydrogens is 516 g/mol. The van der Waals surface area contributed by atoms with Gasteiger partial charge in [-0.2, -0.15) is 0 Å². The van der Waals surface area contributed by atoms with Crippen LogP contribution in [0.3, 0.4) is 0 Å². The third kappa shape index (κ3) is 19.0. The summed E-state index contributed by atoms with van der Waals surface area (Å²) in [5, 5.41) is 2.98. The number of nitrogens with one attached hydrogen (secondary N) is 1. The molecule has 0 aliphatic rings. The number of amides is 2. The van der Waals surface area contributed by atoms with Gasteiger partial charge in [0.25, 0.3) is 5.91 Å². The van der Waals surface area contributed by atoms with E-state index in [1.165, 1.54) is 5.56 Å². The predicted octanol–water partition coefficient (Wildman–Crippen LogP) is 2.73. The molecule has 1 aromatic rings. The minimum absolute atomic E-state index is 0.150. The maximum absolute atomic E-state index is 11.1. The predicted molar refractivity (Wildman–Crippen MR) is 157 cm³/mol. The average Bonchev–Trinajstić information content (AvgIpc) is 2.87. The summed E-state index contributed by atoms with van der Waals surface area (Å²) in [5.74, 6) is -0.346. The Hall–Kier alpha value is -3.18. The first kappa shape index (κ1) is 39.0. The molecule has 0 heterocycles. The number of benzene rings is 1. The van der Waals surface area contributed by atoms with E-state index in [1.807, 2.05) is 46.8 Å². The number of hydrogen-bond donors (Lipinski definition) is 4. The van der Waals surface area contributed by atoms with Crippen LogP contribution in [-0.4, -0.2) is 62.2 Å². The fraction of sp³-hybridized carbons (Fsp3) is 0.655. The lowest BCUT2D eigenvalue weighted by molar-refractivity contribution is -0.144. The number of ether oxygens (including phenoxy) is 3. The first-order chi connectivity index (χ1) is 18.9. The van der Waals surface area contributed by atoms with Crippen LogP contribution in [0.2, 0.25) is 0 Å². The fourth-order valence-electron chi connectivity index (χ4n) is 3.51. The van der Waals surface area contributed by atoms with Crippen LogP contribution in [0, 0.1) is 20.8 Å². The van der Waals surface area contributed by atoms with Crippen molar-refractivity contribution in [3.05, 3.63) is 28.8 Å². The molecule has 1 rings (SSSR count). The van der Waals surface area contributed by atoms with Gasteiger partial charge in [0.15, 0.2) is 6.10 Å². The van der Waals surface area contributed by atoms with Crippen molar-refractivity contribution in [3.8, 4) is 5.75 Å². The van der Waals surface area contributed by atoms with Gasteiger partial charge >= 0.3 is 11.9 Å². The highest BCUT2D eigenvalue weighted by Crippen LogP contribution is 2.26. The van der Waals surface area contributed by atoms with E-state index >= 15 is 0 Å². The summed E-state index contributed by atoms with van der Waals surface area (Å²) >= 11 is 0. The van der Waals surface area contributed by atoms with Crippen molar-refractivity contribution in [2.75, 3.05) is 26.3 Å². The normalized spacial score (nSPS) is 11.5. The Morgan fingerprint density at radius 2 is 1.30 bits per heavy atom. The molecule has 7 N–H and O–H groups in total. The number of primary amides is 2. The maximum Gasteiger partial charge on any atom is 0.305 e. The highest BCUT2D eigenvalue weighted by atomic mass is 16.5. The van der Waals surface area contributed by atoms with Gasteiger partial charge in [-0.1, -0.05) is 31.5 Å². The number of esters is 2. The molecule has 0 aromatic heterocycles. The summed E-state index contributed by atoms with van der Waals surface area (Å²) in [4.78, 5) is 43.4. The Balaban J connectivity index is 0. The van der Waals surface area contributed by atoms with Gasteiger partial charge in [-0.3, -0.25) is 19.2 Å². The van der Waals surface area contributed by atoms with Gasteiger partial charge in [-0.15, -0.1) is 0 Å². The quantitative estimate of drug-likeness (QED) is 0.172. The summed E-state index contributed by atoms with van der Waals surface area (Å²) in [6.45, 7) is 15.3. The van der Waals surface area contributed by atoms with Crippen LogP contribution in [0.4, 0.5) is 0 Å². The van der Waals surface area contributed by atoms with Crippen molar-refractivity contribution in [2.24, 2.45) is 17.2 Å². The van der Waals surface area contributed by atoms with Crippen LogP contribution in [0.5, 0.6) is 5.75 Å². The van der Waals surface area contributed by atoms with Crippen LogP contribution >= 0.6 is 0 Å². The molecule has 0 spiro atoms.